The fourth-order valence-corrected chi connectivity index (χ4v) is 5.16. The summed E-state index contributed by atoms with van der Waals surface area (Å²) in [5.74, 6) is -0.370. The van der Waals surface area contributed by atoms with E-state index in [0.717, 1.165) is 33.9 Å². The molecule has 2 heterocycles. The van der Waals surface area contributed by atoms with Crippen LogP contribution in [0.2, 0.25) is 0 Å². The Hall–Kier alpha value is -2.57. The molecule has 1 aliphatic rings. The van der Waals surface area contributed by atoms with Crippen LogP contribution in [-0.2, 0) is 11.2 Å². The number of likely N-dealkylation sites (N-methyl/N-ethyl adjacent to an activating group) is 1. The van der Waals surface area contributed by atoms with Crippen molar-refractivity contribution in [1.29, 1.82) is 0 Å². The van der Waals surface area contributed by atoms with Gasteiger partial charge in [0.1, 0.15) is 0 Å². The van der Waals surface area contributed by atoms with E-state index >= 15 is 0 Å². The fourth-order valence-electron chi connectivity index (χ4n) is 4.10. The monoisotopic (exact) mass is 407 g/mol. The Bertz CT molecular complexity index is 1070. The number of carboxylic acid groups (broad SMARTS) is 1. The van der Waals surface area contributed by atoms with Crippen molar-refractivity contribution < 1.29 is 9.90 Å². The Morgan fingerprint density at radius 2 is 1.86 bits per heavy atom. The SMILES string of the molecule is CN(C)CC(C)(C)c1ccc(-n2nc(C(=O)O)c3c2-c2ccccc2SC3)cc1. The molecule has 0 bridgehead atoms. The van der Waals surface area contributed by atoms with E-state index in [0.29, 0.717) is 5.75 Å². The maximum Gasteiger partial charge on any atom is 0.356 e. The first-order chi connectivity index (χ1) is 13.8. The standard InChI is InChI=1S/C23H25N3O2S/c1-23(2,14-25(3)4)15-9-11-16(12-10-15)26-21-17-7-5-6-8-19(17)29-13-18(21)20(24-26)22(27)28/h5-12H,13-14H2,1-4H3,(H,27,28). The van der Waals surface area contributed by atoms with Gasteiger partial charge in [-0.05, 0) is 37.9 Å². The van der Waals surface area contributed by atoms with Crippen LogP contribution < -0.4 is 0 Å². The summed E-state index contributed by atoms with van der Waals surface area (Å²) in [6.07, 6.45) is 0. The number of carboxylic acids is 1. The van der Waals surface area contributed by atoms with Gasteiger partial charge >= 0.3 is 5.97 Å². The van der Waals surface area contributed by atoms with Crippen LogP contribution in [0.25, 0.3) is 16.9 Å². The van der Waals surface area contributed by atoms with E-state index in [2.05, 4.69) is 56.1 Å². The second-order valence-corrected chi connectivity index (χ2v) is 9.36. The van der Waals surface area contributed by atoms with Crippen LogP contribution in [0.3, 0.4) is 0 Å². The van der Waals surface area contributed by atoms with Crippen LogP contribution in [0.1, 0.15) is 35.5 Å². The molecule has 1 aromatic heterocycles. The molecule has 3 aromatic rings. The van der Waals surface area contributed by atoms with Crippen LogP contribution in [0.15, 0.2) is 53.4 Å². The van der Waals surface area contributed by atoms with E-state index < -0.39 is 5.97 Å². The molecule has 0 saturated carbocycles. The number of benzene rings is 2. The Labute approximate surface area is 175 Å². The van der Waals surface area contributed by atoms with Gasteiger partial charge in [0.15, 0.2) is 5.69 Å². The van der Waals surface area contributed by atoms with Gasteiger partial charge in [0, 0.05) is 33.7 Å². The second kappa shape index (κ2) is 7.35. The molecular weight excluding hydrogens is 382 g/mol. The number of rotatable bonds is 5. The molecule has 1 aliphatic heterocycles. The third-order valence-electron chi connectivity index (χ3n) is 5.31. The van der Waals surface area contributed by atoms with Crippen molar-refractivity contribution in [3.63, 3.8) is 0 Å². The average molecular weight is 408 g/mol. The summed E-state index contributed by atoms with van der Waals surface area (Å²) < 4.78 is 1.79. The molecule has 6 heteroatoms. The van der Waals surface area contributed by atoms with E-state index in [-0.39, 0.29) is 11.1 Å². The highest BCUT2D eigenvalue weighted by atomic mass is 32.2. The molecule has 150 valence electrons. The number of fused-ring (bicyclic) bond motifs is 3. The van der Waals surface area contributed by atoms with E-state index in [1.54, 1.807) is 16.4 Å². The molecule has 29 heavy (non-hydrogen) atoms. The Morgan fingerprint density at radius 3 is 2.52 bits per heavy atom. The Kier molecular flexibility index (Phi) is 5.00. The zero-order valence-corrected chi connectivity index (χ0v) is 18.0. The Balaban J connectivity index is 1.82. The molecule has 0 spiro atoms. The molecular formula is C23H25N3O2S. The molecule has 0 fully saturated rings. The predicted molar refractivity (Wildman–Crippen MR) is 117 cm³/mol. The summed E-state index contributed by atoms with van der Waals surface area (Å²) in [7, 11) is 4.16. The number of aromatic carboxylic acids is 1. The van der Waals surface area contributed by atoms with E-state index in [1.807, 2.05) is 30.3 Å². The minimum atomic E-state index is -0.983. The first-order valence-corrected chi connectivity index (χ1v) is 10.6. The van der Waals surface area contributed by atoms with Gasteiger partial charge in [-0.25, -0.2) is 9.48 Å². The van der Waals surface area contributed by atoms with Gasteiger partial charge in [-0.15, -0.1) is 11.8 Å². The number of nitrogens with zero attached hydrogens (tertiary/aromatic N) is 3. The first kappa shape index (κ1) is 19.7. The van der Waals surface area contributed by atoms with Gasteiger partial charge in [-0.1, -0.05) is 44.2 Å². The number of aromatic nitrogens is 2. The van der Waals surface area contributed by atoms with Crippen LogP contribution in [0.4, 0.5) is 0 Å². The van der Waals surface area contributed by atoms with E-state index in [1.165, 1.54) is 5.56 Å². The smallest absolute Gasteiger partial charge is 0.356 e. The summed E-state index contributed by atoms with van der Waals surface area (Å²) in [5.41, 5.74) is 4.98. The van der Waals surface area contributed by atoms with Crippen molar-refractivity contribution in [3.8, 4) is 16.9 Å². The fraction of sp³-hybridized carbons (Fsp3) is 0.304. The first-order valence-electron chi connectivity index (χ1n) is 9.61. The summed E-state index contributed by atoms with van der Waals surface area (Å²) in [6.45, 7) is 5.40. The summed E-state index contributed by atoms with van der Waals surface area (Å²) >= 11 is 1.66. The number of hydrogen-bond acceptors (Lipinski definition) is 4. The molecule has 5 nitrogen and oxygen atoms in total. The second-order valence-electron chi connectivity index (χ2n) is 8.35. The zero-order valence-electron chi connectivity index (χ0n) is 17.1. The molecule has 0 amide bonds. The van der Waals surface area contributed by atoms with Crippen molar-refractivity contribution in [2.24, 2.45) is 0 Å². The lowest BCUT2D eigenvalue weighted by atomic mass is 9.84. The van der Waals surface area contributed by atoms with E-state index in [4.69, 9.17) is 0 Å². The third-order valence-corrected chi connectivity index (χ3v) is 6.41. The molecule has 0 aliphatic carbocycles. The van der Waals surface area contributed by atoms with Gasteiger partial charge in [-0.2, -0.15) is 5.10 Å². The normalized spacial score (nSPS) is 13.3. The lowest BCUT2D eigenvalue weighted by Crippen LogP contribution is -2.32. The highest BCUT2D eigenvalue weighted by Crippen LogP contribution is 2.43. The van der Waals surface area contributed by atoms with Crippen molar-refractivity contribution in [2.45, 2.75) is 29.9 Å². The molecule has 2 aromatic carbocycles. The van der Waals surface area contributed by atoms with Crippen LogP contribution >= 0.6 is 11.8 Å². The van der Waals surface area contributed by atoms with Crippen molar-refractivity contribution in [3.05, 3.63) is 65.4 Å². The summed E-state index contributed by atoms with van der Waals surface area (Å²) in [6, 6.07) is 16.4. The van der Waals surface area contributed by atoms with Crippen LogP contribution in [0, 0.1) is 0 Å². The van der Waals surface area contributed by atoms with Crippen molar-refractivity contribution in [2.75, 3.05) is 20.6 Å². The zero-order chi connectivity index (χ0) is 20.8. The van der Waals surface area contributed by atoms with Gasteiger partial charge < -0.3 is 10.0 Å². The third kappa shape index (κ3) is 3.58. The van der Waals surface area contributed by atoms with Crippen LogP contribution in [-0.4, -0.2) is 46.4 Å². The number of carbonyl (C=O) groups is 1. The van der Waals surface area contributed by atoms with Crippen molar-refractivity contribution in [1.82, 2.24) is 14.7 Å². The molecule has 0 atom stereocenters. The largest absolute Gasteiger partial charge is 0.476 e. The lowest BCUT2D eigenvalue weighted by Gasteiger charge is -2.29. The molecule has 0 unspecified atom stereocenters. The maximum absolute atomic E-state index is 11.8. The van der Waals surface area contributed by atoms with Crippen molar-refractivity contribution >= 4 is 17.7 Å². The van der Waals surface area contributed by atoms with Gasteiger partial charge in [0.25, 0.3) is 0 Å². The Morgan fingerprint density at radius 1 is 1.17 bits per heavy atom. The highest BCUT2D eigenvalue weighted by molar-refractivity contribution is 7.98. The predicted octanol–water partition coefficient (Wildman–Crippen LogP) is 4.68. The van der Waals surface area contributed by atoms with Gasteiger partial charge in [0.05, 0.1) is 11.4 Å². The lowest BCUT2D eigenvalue weighted by molar-refractivity contribution is 0.0689. The average Bonchev–Trinajstić information content (AvgIpc) is 3.07. The highest BCUT2D eigenvalue weighted by Gasteiger charge is 2.29. The van der Waals surface area contributed by atoms with Gasteiger partial charge in [0.2, 0.25) is 0 Å². The maximum atomic E-state index is 11.8. The number of thioether (sulfide) groups is 1. The minimum absolute atomic E-state index is 0.0149. The summed E-state index contributed by atoms with van der Waals surface area (Å²) in [5, 5.41) is 14.2. The van der Waals surface area contributed by atoms with Gasteiger partial charge in [-0.3, -0.25) is 0 Å². The molecule has 0 radical (unpaired) electrons. The van der Waals surface area contributed by atoms with E-state index in [9.17, 15) is 9.90 Å². The molecule has 0 saturated heterocycles. The topological polar surface area (TPSA) is 58.4 Å². The van der Waals surface area contributed by atoms with Crippen LogP contribution in [0.5, 0.6) is 0 Å². The number of hydrogen-bond donors (Lipinski definition) is 1. The quantitative estimate of drug-likeness (QED) is 0.665. The molecule has 4 rings (SSSR count). The molecule has 1 N–H and O–H groups in total. The minimum Gasteiger partial charge on any atom is -0.476 e. The summed E-state index contributed by atoms with van der Waals surface area (Å²) in [4.78, 5) is 15.2.